The van der Waals surface area contributed by atoms with Gasteiger partial charge in [-0.2, -0.15) is 5.10 Å². The minimum Gasteiger partial charge on any atom is -0.507 e. The normalized spacial score (nSPS) is 18.3. The van der Waals surface area contributed by atoms with Crippen molar-refractivity contribution in [1.82, 2.24) is 15.0 Å². The summed E-state index contributed by atoms with van der Waals surface area (Å²) in [5.74, 6) is -0.641. The Morgan fingerprint density at radius 2 is 1.57 bits per heavy atom. The third-order valence-corrected chi connectivity index (χ3v) is 12.9. The van der Waals surface area contributed by atoms with E-state index in [0.29, 0.717) is 31.8 Å². The van der Waals surface area contributed by atoms with E-state index in [4.69, 9.17) is 19.0 Å². The second-order valence-corrected chi connectivity index (χ2v) is 17.6. The molecule has 7 aromatic rings. The topological polar surface area (TPSA) is 153 Å². The number of para-hydroxylation sites is 1. The summed E-state index contributed by atoms with van der Waals surface area (Å²) in [6.07, 6.45) is 9.88. The number of halogens is 1. The number of aryl methyl sites for hydroxylation is 1. The smallest absolute Gasteiger partial charge is 0.260 e. The zero-order valence-electron chi connectivity index (χ0n) is 36.5. The number of hydrogen-bond donors (Lipinski definition) is 1. The number of phenolic OH excluding ortho intramolecular Hbond substituents is 1. The summed E-state index contributed by atoms with van der Waals surface area (Å²) >= 11 is 3.70. The Labute approximate surface area is 394 Å². The van der Waals surface area contributed by atoms with E-state index in [-0.39, 0.29) is 46.5 Å². The monoisotopic (exact) mass is 956 g/mol. The van der Waals surface area contributed by atoms with Crippen LogP contribution < -0.4 is 20.1 Å². The number of aromatic hydroxyl groups is 1. The molecule has 1 N–H and O–H groups in total. The first-order valence-corrected chi connectivity index (χ1v) is 23.0. The predicted molar refractivity (Wildman–Crippen MR) is 258 cm³/mol. The first-order chi connectivity index (χ1) is 32.7. The first-order valence-electron chi connectivity index (χ1n) is 22.2. The fraction of sp³-hybridized carbons (Fsp3) is 0.208. The van der Waals surface area contributed by atoms with Crippen LogP contribution in [0.2, 0.25) is 0 Å². The second kappa shape index (κ2) is 18.1. The fourth-order valence-corrected chi connectivity index (χ4v) is 9.63. The number of hydrogen-bond acceptors (Lipinski definition) is 11. The summed E-state index contributed by atoms with van der Waals surface area (Å²) in [7, 11) is 0. The number of ketones is 1. The summed E-state index contributed by atoms with van der Waals surface area (Å²) < 4.78 is 21.0. The van der Waals surface area contributed by atoms with E-state index >= 15 is 4.79 Å². The van der Waals surface area contributed by atoms with Crippen LogP contribution in [0.3, 0.4) is 0 Å². The van der Waals surface area contributed by atoms with E-state index in [9.17, 15) is 14.7 Å². The van der Waals surface area contributed by atoms with Gasteiger partial charge in [-0.3, -0.25) is 19.1 Å². The standard InChI is InChI=1S/C53H45BrN6O7/c1-2-3-28-66-52(24-22-40(61)23-25-52)47-32-45(63)48-44(62)30-41(31-46(48)67-47)65-34-38-33-58(57-55-38)26-13-27-59-43-29-37(54)20-21-42(43)53(51(59)64)49(35-14-7-4-8-15-35)50(36-16-9-5-10-17-36)56-60(53)39-18-11-6-12-19-39/h4-12,14-25,29-33,49,62H,2-3,13,26-28,34H2,1H3. The Morgan fingerprint density at radius 3 is 2.31 bits per heavy atom. The van der Waals surface area contributed by atoms with Gasteiger partial charge in [0.1, 0.15) is 40.5 Å². The fourth-order valence-electron chi connectivity index (χ4n) is 9.28. The summed E-state index contributed by atoms with van der Waals surface area (Å²) in [6, 6.07) is 40.3. The highest BCUT2D eigenvalue weighted by molar-refractivity contribution is 9.10. The Kier molecular flexibility index (Phi) is 11.7. The third-order valence-electron chi connectivity index (χ3n) is 12.4. The first kappa shape index (κ1) is 43.5. The van der Waals surface area contributed by atoms with Gasteiger partial charge >= 0.3 is 0 Å². The van der Waals surface area contributed by atoms with Crippen LogP contribution in [-0.2, 0) is 38.6 Å². The van der Waals surface area contributed by atoms with Crippen LogP contribution in [0.5, 0.6) is 11.5 Å². The van der Waals surface area contributed by atoms with Crippen molar-refractivity contribution in [3.05, 3.63) is 201 Å². The maximum absolute atomic E-state index is 15.7. The predicted octanol–water partition coefficient (Wildman–Crippen LogP) is 9.48. The van der Waals surface area contributed by atoms with Crippen molar-refractivity contribution in [2.24, 2.45) is 5.10 Å². The SMILES string of the molecule is CCCCOC1(c2cc(=O)c3c(O)cc(OCc4cn(CCCN5C(=O)C6(c7ccc(Br)cc75)C(c5ccccc5)C(c5ccccc5)=NN6c5ccccc5)nn4)cc3o2)C=CC(=O)C=C1. The van der Waals surface area contributed by atoms with Gasteiger partial charge in [0, 0.05) is 47.9 Å². The molecule has 1 aliphatic carbocycles. The number of carbonyl (C=O) groups is 2. The van der Waals surface area contributed by atoms with E-state index in [1.807, 2.05) is 114 Å². The van der Waals surface area contributed by atoms with Gasteiger partial charge in [-0.05, 0) is 72.5 Å². The number of allylic oxidation sites excluding steroid dienone is 2. The number of phenols is 1. The van der Waals surface area contributed by atoms with Crippen molar-refractivity contribution in [3.8, 4) is 11.5 Å². The minimum absolute atomic E-state index is 0.000991. The average Bonchev–Trinajstić information content (AvgIpc) is 4.02. The number of amides is 1. The molecule has 1 spiro atoms. The van der Waals surface area contributed by atoms with Gasteiger partial charge in [-0.15, -0.1) is 5.10 Å². The molecule has 3 aliphatic rings. The molecular weight excluding hydrogens is 913 g/mol. The van der Waals surface area contributed by atoms with Crippen molar-refractivity contribution in [3.63, 3.8) is 0 Å². The van der Waals surface area contributed by atoms with Gasteiger partial charge in [0.15, 0.2) is 22.4 Å². The van der Waals surface area contributed by atoms with Gasteiger partial charge in [0.25, 0.3) is 5.91 Å². The van der Waals surface area contributed by atoms with Crippen LogP contribution in [0.1, 0.15) is 60.2 Å². The molecule has 5 aromatic carbocycles. The molecule has 10 rings (SSSR count). The molecule has 0 bridgehead atoms. The molecule has 0 saturated heterocycles. The van der Waals surface area contributed by atoms with Gasteiger partial charge in [-0.25, -0.2) is 5.01 Å². The molecule has 2 aliphatic heterocycles. The summed E-state index contributed by atoms with van der Waals surface area (Å²) in [6.45, 7) is 3.24. The van der Waals surface area contributed by atoms with Crippen molar-refractivity contribution < 1.29 is 28.6 Å². The van der Waals surface area contributed by atoms with Crippen LogP contribution in [0, 0.1) is 0 Å². The third kappa shape index (κ3) is 7.95. The van der Waals surface area contributed by atoms with Gasteiger partial charge < -0.3 is 23.9 Å². The number of unbranched alkanes of at least 4 members (excludes halogenated alkanes) is 1. The van der Waals surface area contributed by atoms with E-state index in [1.165, 1.54) is 30.4 Å². The maximum atomic E-state index is 15.7. The molecule has 0 saturated carbocycles. The van der Waals surface area contributed by atoms with Crippen molar-refractivity contribution >= 4 is 55.7 Å². The maximum Gasteiger partial charge on any atom is 0.260 e. The Hall–Kier alpha value is -7.42. The van der Waals surface area contributed by atoms with Crippen LogP contribution >= 0.6 is 15.9 Å². The zero-order chi connectivity index (χ0) is 46.1. The van der Waals surface area contributed by atoms with Gasteiger partial charge in [0.2, 0.25) is 0 Å². The number of nitrogens with zero attached hydrogens (tertiary/aromatic N) is 6. The van der Waals surface area contributed by atoms with E-state index < -0.39 is 22.5 Å². The molecule has 2 atom stereocenters. The number of fused-ring (bicyclic) bond motifs is 3. The summed E-state index contributed by atoms with van der Waals surface area (Å²) in [5.41, 5.74) is 2.83. The minimum atomic E-state index is -1.27. The van der Waals surface area contributed by atoms with Crippen molar-refractivity contribution in [2.45, 2.75) is 56.4 Å². The van der Waals surface area contributed by atoms with Gasteiger partial charge in [-0.1, -0.05) is 119 Å². The second-order valence-electron chi connectivity index (χ2n) is 16.7. The molecule has 0 fully saturated rings. The molecule has 2 unspecified atom stereocenters. The molecule has 67 heavy (non-hydrogen) atoms. The molecule has 13 nitrogen and oxygen atoms in total. The Balaban J connectivity index is 0.891. The average molecular weight is 958 g/mol. The highest BCUT2D eigenvalue weighted by Gasteiger charge is 2.64. The molecule has 1 amide bonds. The number of carbonyl (C=O) groups excluding carboxylic acids is 2. The molecule has 336 valence electrons. The van der Waals surface area contributed by atoms with Gasteiger partial charge in [0.05, 0.1) is 29.2 Å². The Bertz CT molecular complexity index is 3140. The van der Waals surface area contributed by atoms with Crippen LogP contribution in [0.25, 0.3) is 11.0 Å². The summed E-state index contributed by atoms with van der Waals surface area (Å²) in [4.78, 5) is 43.0. The number of hydrazone groups is 1. The molecule has 2 aromatic heterocycles. The number of ether oxygens (including phenoxy) is 2. The lowest BCUT2D eigenvalue weighted by Gasteiger charge is -2.38. The quantitative estimate of drug-likeness (QED) is 0.0984. The number of aromatic nitrogens is 3. The van der Waals surface area contributed by atoms with Crippen LogP contribution in [0.4, 0.5) is 11.4 Å². The number of anilines is 2. The van der Waals surface area contributed by atoms with Crippen molar-refractivity contribution in [1.29, 1.82) is 0 Å². The molecule has 0 radical (unpaired) electrons. The molecule has 4 heterocycles. The number of rotatable bonds is 15. The number of benzene rings is 5. The molecule has 14 heteroatoms. The highest BCUT2D eigenvalue weighted by atomic mass is 79.9. The van der Waals surface area contributed by atoms with E-state index in [0.717, 1.165) is 51.1 Å². The Morgan fingerprint density at radius 1 is 0.836 bits per heavy atom. The lowest BCUT2D eigenvalue weighted by Crippen LogP contribution is -2.53. The lowest BCUT2D eigenvalue weighted by molar-refractivity contribution is -0.123. The van der Waals surface area contributed by atoms with Crippen molar-refractivity contribution in [2.75, 3.05) is 23.1 Å². The largest absolute Gasteiger partial charge is 0.507 e. The van der Waals surface area contributed by atoms with E-state index in [1.54, 1.807) is 23.0 Å². The van der Waals surface area contributed by atoms with Crippen LogP contribution in [-0.4, -0.2) is 50.7 Å². The summed E-state index contributed by atoms with van der Waals surface area (Å²) in [5, 5.41) is 26.9. The zero-order valence-corrected chi connectivity index (χ0v) is 38.1. The van der Waals surface area contributed by atoms with Crippen LogP contribution in [0.15, 0.2) is 177 Å². The van der Waals surface area contributed by atoms with E-state index in [2.05, 4.69) is 38.4 Å². The highest BCUT2D eigenvalue weighted by Crippen LogP contribution is 2.58. The lowest BCUT2D eigenvalue weighted by atomic mass is 9.72. The molecular formula is C53H45BrN6O7.